The summed E-state index contributed by atoms with van der Waals surface area (Å²) in [5, 5.41) is 6.45. The molecule has 3 nitrogen and oxygen atoms in total. The predicted octanol–water partition coefficient (Wildman–Crippen LogP) is 1.29. The van der Waals surface area contributed by atoms with E-state index in [4.69, 9.17) is 0 Å². The maximum absolute atomic E-state index is 12.1. The highest BCUT2D eigenvalue weighted by molar-refractivity contribution is 5.80. The van der Waals surface area contributed by atoms with E-state index < -0.39 is 0 Å². The van der Waals surface area contributed by atoms with Crippen LogP contribution < -0.4 is 10.6 Å². The summed E-state index contributed by atoms with van der Waals surface area (Å²) in [6.45, 7) is 6.42. The molecule has 0 radical (unpaired) electrons. The average Bonchev–Trinajstić information content (AvgIpc) is 2.73. The molecule has 0 bridgehead atoms. The largest absolute Gasteiger partial charge is 0.352 e. The van der Waals surface area contributed by atoms with Crippen LogP contribution >= 0.6 is 0 Å². The standard InChI is InChI=1S/C12H22N2O/c1-12(2)6-3-4-10(12)11(15)14-9-5-7-13-8-9/h9-10,13H,3-8H2,1-2H3,(H,14,15)/t9-,10?/m0/s1. The maximum Gasteiger partial charge on any atom is 0.223 e. The summed E-state index contributed by atoms with van der Waals surface area (Å²) in [6.07, 6.45) is 4.54. The first-order chi connectivity index (χ1) is 7.09. The third-order valence-corrected chi connectivity index (χ3v) is 3.98. The first-order valence-electron chi connectivity index (χ1n) is 6.11. The molecule has 0 spiro atoms. The molecular formula is C12H22N2O. The van der Waals surface area contributed by atoms with Gasteiger partial charge >= 0.3 is 0 Å². The van der Waals surface area contributed by atoms with Gasteiger partial charge in [0.25, 0.3) is 0 Å². The Morgan fingerprint density at radius 2 is 2.20 bits per heavy atom. The number of hydrogen-bond acceptors (Lipinski definition) is 2. The normalized spacial score (nSPS) is 34.3. The van der Waals surface area contributed by atoms with Gasteiger partial charge in [-0.25, -0.2) is 0 Å². The summed E-state index contributed by atoms with van der Waals surface area (Å²) in [4.78, 5) is 12.1. The molecule has 2 fully saturated rings. The lowest BCUT2D eigenvalue weighted by Gasteiger charge is -2.27. The second kappa shape index (κ2) is 4.12. The summed E-state index contributed by atoms with van der Waals surface area (Å²) in [7, 11) is 0. The van der Waals surface area contributed by atoms with Crippen molar-refractivity contribution in [3.05, 3.63) is 0 Å². The van der Waals surface area contributed by atoms with Gasteiger partial charge in [0, 0.05) is 18.5 Å². The molecule has 1 unspecified atom stereocenters. The lowest BCUT2D eigenvalue weighted by molar-refractivity contribution is -0.128. The van der Waals surface area contributed by atoms with Gasteiger partial charge in [-0.2, -0.15) is 0 Å². The van der Waals surface area contributed by atoms with Gasteiger partial charge in [0.2, 0.25) is 5.91 Å². The van der Waals surface area contributed by atoms with Crippen LogP contribution in [0.5, 0.6) is 0 Å². The van der Waals surface area contributed by atoms with Gasteiger partial charge in [-0.1, -0.05) is 20.3 Å². The van der Waals surface area contributed by atoms with Gasteiger partial charge in [0.05, 0.1) is 0 Å². The summed E-state index contributed by atoms with van der Waals surface area (Å²) < 4.78 is 0. The molecule has 1 saturated heterocycles. The third kappa shape index (κ3) is 2.33. The molecule has 0 aromatic carbocycles. The topological polar surface area (TPSA) is 41.1 Å². The summed E-state index contributed by atoms with van der Waals surface area (Å²) in [5.74, 6) is 0.518. The fraction of sp³-hybridized carbons (Fsp3) is 0.917. The molecule has 1 amide bonds. The number of carbonyl (C=O) groups excluding carboxylic acids is 1. The molecular weight excluding hydrogens is 188 g/mol. The van der Waals surface area contributed by atoms with Crippen molar-refractivity contribution in [2.75, 3.05) is 13.1 Å². The molecule has 86 valence electrons. The Balaban J connectivity index is 1.89. The van der Waals surface area contributed by atoms with E-state index in [-0.39, 0.29) is 17.2 Å². The van der Waals surface area contributed by atoms with E-state index in [1.807, 2.05) is 0 Å². The lowest BCUT2D eigenvalue weighted by Crippen LogP contribution is -2.42. The van der Waals surface area contributed by atoms with Crippen molar-refractivity contribution in [2.24, 2.45) is 11.3 Å². The molecule has 2 rings (SSSR count). The van der Waals surface area contributed by atoms with Gasteiger partial charge < -0.3 is 10.6 Å². The van der Waals surface area contributed by atoms with E-state index >= 15 is 0 Å². The molecule has 3 heteroatoms. The second-order valence-electron chi connectivity index (χ2n) is 5.63. The summed E-state index contributed by atoms with van der Waals surface area (Å²) >= 11 is 0. The number of amides is 1. The Morgan fingerprint density at radius 1 is 1.40 bits per heavy atom. The van der Waals surface area contributed by atoms with Crippen LogP contribution in [0.4, 0.5) is 0 Å². The van der Waals surface area contributed by atoms with Crippen LogP contribution in [0.1, 0.15) is 39.5 Å². The van der Waals surface area contributed by atoms with Crippen molar-refractivity contribution >= 4 is 5.91 Å². The van der Waals surface area contributed by atoms with E-state index in [1.54, 1.807) is 0 Å². The van der Waals surface area contributed by atoms with Gasteiger partial charge in [-0.05, 0) is 31.2 Å². The van der Waals surface area contributed by atoms with E-state index in [0.717, 1.165) is 25.9 Å². The van der Waals surface area contributed by atoms with E-state index in [1.165, 1.54) is 12.8 Å². The first kappa shape index (κ1) is 10.9. The highest BCUT2D eigenvalue weighted by atomic mass is 16.2. The molecule has 0 aromatic rings. The molecule has 2 atom stereocenters. The Hall–Kier alpha value is -0.570. The zero-order chi connectivity index (χ0) is 10.9. The Morgan fingerprint density at radius 3 is 2.73 bits per heavy atom. The Bertz CT molecular complexity index is 244. The minimum Gasteiger partial charge on any atom is -0.352 e. The first-order valence-corrected chi connectivity index (χ1v) is 6.11. The zero-order valence-electron chi connectivity index (χ0n) is 9.81. The highest BCUT2D eigenvalue weighted by Crippen LogP contribution is 2.42. The van der Waals surface area contributed by atoms with Gasteiger partial charge in [0.1, 0.15) is 0 Å². The highest BCUT2D eigenvalue weighted by Gasteiger charge is 2.39. The fourth-order valence-electron chi connectivity index (χ4n) is 2.89. The van der Waals surface area contributed by atoms with Crippen LogP contribution in [0.3, 0.4) is 0 Å². The second-order valence-corrected chi connectivity index (χ2v) is 5.63. The van der Waals surface area contributed by atoms with Crippen molar-refractivity contribution < 1.29 is 4.79 Å². The van der Waals surface area contributed by atoms with E-state index in [2.05, 4.69) is 24.5 Å². The summed E-state index contributed by atoms with van der Waals surface area (Å²) in [5.41, 5.74) is 0.204. The minimum absolute atomic E-state index is 0.204. The van der Waals surface area contributed by atoms with Crippen LogP contribution in [-0.4, -0.2) is 25.0 Å². The van der Waals surface area contributed by atoms with Crippen molar-refractivity contribution in [1.82, 2.24) is 10.6 Å². The molecule has 1 heterocycles. The summed E-state index contributed by atoms with van der Waals surface area (Å²) in [6, 6.07) is 0.369. The average molecular weight is 210 g/mol. The number of rotatable bonds is 2. The van der Waals surface area contributed by atoms with Crippen molar-refractivity contribution in [3.63, 3.8) is 0 Å². The van der Waals surface area contributed by atoms with Gasteiger partial charge in [0.15, 0.2) is 0 Å². The van der Waals surface area contributed by atoms with Crippen molar-refractivity contribution in [2.45, 2.75) is 45.6 Å². The minimum atomic E-state index is 0.204. The van der Waals surface area contributed by atoms with Crippen LogP contribution in [0, 0.1) is 11.3 Å². The van der Waals surface area contributed by atoms with Gasteiger partial charge in [-0.3, -0.25) is 4.79 Å². The molecule has 1 aliphatic heterocycles. The SMILES string of the molecule is CC1(C)CCCC1C(=O)N[C@H]1CCNC1. The smallest absolute Gasteiger partial charge is 0.223 e. The van der Waals surface area contributed by atoms with Crippen molar-refractivity contribution in [1.29, 1.82) is 0 Å². The van der Waals surface area contributed by atoms with Gasteiger partial charge in [-0.15, -0.1) is 0 Å². The van der Waals surface area contributed by atoms with Crippen molar-refractivity contribution in [3.8, 4) is 0 Å². The Kier molecular flexibility index (Phi) is 3.01. The molecule has 15 heavy (non-hydrogen) atoms. The zero-order valence-corrected chi connectivity index (χ0v) is 9.81. The van der Waals surface area contributed by atoms with Crippen LogP contribution in [0.2, 0.25) is 0 Å². The predicted molar refractivity (Wildman–Crippen MR) is 60.5 cm³/mol. The van der Waals surface area contributed by atoms with E-state index in [0.29, 0.717) is 6.04 Å². The fourth-order valence-corrected chi connectivity index (χ4v) is 2.89. The number of hydrogen-bond donors (Lipinski definition) is 2. The monoisotopic (exact) mass is 210 g/mol. The van der Waals surface area contributed by atoms with Crippen LogP contribution in [-0.2, 0) is 4.79 Å². The number of carbonyl (C=O) groups is 1. The molecule has 2 N–H and O–H groups in total. The molecule has 0 aromatic heterocycles. The Labute approximate surface area is 92.0 Å². The number of nitrogens with one attached hydrogen (secondary N) is 2. The maximum atomic E-state index is 12.1. The lowest BCUT2D eigenvalue weighted by atomic mass is 9.81. The molecule has 2 aliphatic rings. The quantitative estimate of drug-likeness (QED) is 0.721. The van der Waals surface area contributed by atoms with E-state index in [9.17, 15) is 4.79 Å². The molecule has 1 aliphatic carbocycles. The third-order valence-electron chi connectivity index (χ3n) is 3.98. The molecule has 1 saturated carbocycles. The van der Waals surface area contributed by atoms with Crippen LogP contribution in [0.15, 0.2) is 0 Å². The van der Waals surface area contributed by atoms with Crippen LogP contribution in [0.25, 0.3) is 0 Å².